The molecule has 3 rings (SSSR count). The number of thiazole rings is 1. The van der Waals surface area contributed by atoms with Crippen LogP contribution < -0.4 is 15.5 Å². The Labute approximate surface area is 160 Å². The van der Waals surface area contributed by atoms with E-state index in [2.05, 4.69) is 32.2 Å². The lowest BCUT2D eigenvalue weighted by Gasteiger charge is -2.29. The summed E-state index contributed by atoms with van der Waals surface area (Å²) in [6.07, 6.45) is 10.9. The minimum atomic E-state index is 0.554. The van der Waals surface area contributed by atoms with E-state index in [4.69, 9.17) is 4.98 Å². The van der Waals surface area contributed by atoms with E-state index in [0.29, 0.717) is 6.04 Å². The van der Waals surface area contributed by atoms with E-state index in [1.165, 1.54) is 62.4 Å². The zero-order valence-electron chi connectivity index (χ0n) is 15.5. The van der Waals surface area contributed by atoms with E-state index >= 15 is 0 Å². The number of thioether (sulfide) groups is 1. The first-order valence-corrected chi connectivity index (χ1v) is 11.6. The maximum absolute atomic E-state index is 4.79. The fourth-order valence-corrected chi connectivity index (χ4v) is 5.39. The molecule has 0 spiro atoms. The number of nitrogens with zero attached hydrogens (tertiary/aromatic N) is 3. The minimum Gasteiger partial charge on any atom is -0.356 e. The molecule has 1 aromatic heterocycles. The number of hydrogen-bond donors (Lipinski definition) is 2. The molecule has 5 nitrogen and oxygen atoms in total. The Morgan fingerprint density at radius 3 is 2.96 bits per heavy atom. The van der Waals surface area contributed by atoms with Gasteiger partial charge in [0.1, 0.15) is 0 Å². The van der Waals surface area contributed by atoms with Gasteiger partial charge in [0.25, 0.3) is 0 Å². The zero-order chi connectivity index (χ0) is 17.5. The van der Waals surface area contributed by atoms with Gasteiger partial charge < -0.3 is 15.5 Å². The van der Waals surface area contributed by atoms with Crippen LogP contribution in [-0.2, 0) is 6.42 Å². The van der Waals surface area contributed by atoms with Gasteiger partial charge in [-0.05, 0) is 38.4 Å². The standard InChI is InChI=1S/C18H31N5S2/c1-19-17(21-14-6-5-7-16(12-14)24-2)20-9-8-15-13-25-18(22-15)23-10-3-4-11-23/h13-14,16H,3-12H2,1-2H3,(H2,19,20,21). The van der Waals surface area contributed by atoms with Crippen molar-refractivity contribution in [3.05, 3.63) is 11.1 Å². The Bertz CT molecular complexity index is 553. The number of rotatable bonds is 6. The molecule has 2 fully saturated rings. The highest BCUT2D eigenvalue weighted by Crippen LogP contribution is 2.27. The van der Waals surface area contributed by atoms with Crippen LogP contribution in [0.3, 0.4) is 0 Å². The summed E-state index contributed by atoms with van der Waals surface area (Å²) in [4.78, 5) is 11.6. The van der Waals surface area contributed by atoms with Crippen molar-refractivity contribution in [3.63, 3.8) is 0 Å². The number of guanidine groups is 1. The van der Waals surface area contributed by atoms with Crippen LogP contribution in [0.5, 0.6) is 0 Å². The summed E-state index contributed by atoms with van der Waals surface area (Å²) in [6, 6.07) is 0.554. The molecular weight excluding hydrogens is 350 g/mol. The number of nitrogens with one attached hydrogen (secondary N) is 2. The third kappa shape index (κ3) is 5.51. The Hall–Kier alpha value is -0.950. The largest absolute Gasteiger partial charge is 0.356 e. The van der Waals surface area contributed by atoms with Gasteiger partial charge in [-0.25, -0.2) is 4.98 Å². The molecular formula is C18H31N5S2. The molecule has 2 heterocycles. The van der Waals surface area contributed by atoms with Gasteiger partial charge in [0.2, 0.25) is 0 Å². The molecule has 1 aromatic rings. The molecule has 1 aliphatic carbocycles. The van der Waals surface area contributed by atoms with Crippen LogP contribution in [0.2, 0.25) is 0 Å². The Morgan fingerprint density at radius 2 is 2.20 bits per heavy atom. The SMILES string of the molecule is CN=C(NCCc1csc(N2CCCC2)n1)NC1CCCC(SC)C1. The van der Waals surface area contributed by atoms with Crippen LogP contribution >= 0.6 is 23.1 Å². The zero-order valence-corrected chi connectivity index (χ0v) is 17.1. The van der Waals surface area contributed by atoms with Gasteiger partial charge >= 0.3 is 0 Å². The van der Waals surface area contributed by atoms with Crippen molar-refractivity contribution in [2.45, 2.75) is 56.2 Å². The average molecular weight is 382 g/mol. The van der Waals surface area contributed by atoms with E-state index < -0.39 is 0 Å². The van der Waals surface area contributed by atoms with Crippen LogP contribution in [0, 0.1) is 0 Å². The Morgan fingerprint density at radius 1 is 1.36 bits per heavy atom. The summed E-state index contributed by atoms with van der Waals surface area (Å²) in [7, 11) is 1.86. The van der Waals surface area contributed by atoms with Gasteiger partial charge in [0.05, 0.1) is 5.69 Å². The predicted molar refractivity (Wildman–Crippen MR) is 111 cm³/mol. The van der Waals surface area contributed by atoms with Crippen molar-refractivity contribution in [3.8, 4) is 0 Å². The summed E-state index contributed by atoms with van der Waals surface area (Å²) in [5, 5.41) is 11.3. The maximum Gasteiger partial charge on any atom is 0.191 e. The second-order valence-electron chi connectivity index (χ2n) is 6.93. The Balaban J connectivity index is 1.41. The van der Waals surface area contributed by atoms with E-state index in [1.54, 1.807) is 11.3 Å². The number of anilines is 1. The fourth-order valence-electron chi connectivity index (χ4n) is 3.65. The minimum absolute atomic E-state index is 0.554. The van der Waals surface area contributed by atoms with Crippen LogP contribution in [0.1, 0.15) is 44.2 Å². The quantitative estimate of drug-likeness (QED) is 0.586. The molecule has 1 saturated heterocycles. The van der Waals surface area contributed by atoms with Gasteiger partial charge in [-0.1, -0.05) is 6.42 Å². The van der Waals surface area contributed by atoms with Gasteiger partial charge in [0.15, 0.2) is 11.1 Å². The molecule has 2 atom stereocenters. The summed E-state index contributed by atoms with van der Waals surface area (Å²) in [6.45, 7) is 3.21. The van der Waals surface area contributed by atoms with Gasteiger partial charge in [0, 0.05) is 49.8 Å². The molecule has 2 N–H and O–H groups in total. The monoisotopic (exact) mass is 381 g/mol. The summed E-state index contributed by atoms with van der Waals surface area (Å²) < 4.78 is 0. The van der Waals surface area contributed by atoms with Crippen molar-refractivity contribution in [2.24, 2.45) is 4.99 Å². The van der Waals surface area contributed by atoms with Gasteiger partial charge in [-0.2, -0.15) is 11.8 Å². The highest BCUT2D eigenvalue weighted by Gasteiger charge is 2.22. The second-order valence-corrected chi connectivity index (χ2v) is 8.90. The van der Waals surface area contributed by atoms with Crippen molar-refractivity contribution in [1.82, 2.24) is 15.6 Å². The van der Waals surface area contributed by atoms with Crippen LogP contribution in [0.4, 0.5) is 5.13 Å². The lowest BCUT2D eigenvalue weighted by Crippen LogP contribution is -2.46. The lowest BCUT2D eigenvalue weighted by atomic mass is 9.95. The normalized spacial score (nSPS) is 24.6. The molecule has 7 heteroatoms. The number of hydrogen-bond acceptors (Lipinski definition) is 5. The predicted octanol–water partition coefficient (Wildman–Crippen LogP) is 3.13. The number of aromatic nitrogens is 1. The van der Waals surface area contributed by atoms with Crippen molar-refractivity contribution in [1.29, 1.82) is 0 Å². The molecule has 2 unspecified atom stereocenters. The summed E-state index contributed by atoms with van der Waals surface area (Å²) >= 11 is 3.78. The van der Waals surface area contributed by atoms with Crippen molar-refractivity contribution < 1.29 is 0 Å². The highest BCUT2D eigenvalue weighted by atomic mass is 32.2. The van der Waals surface area contributed by atoms with Crippen LogP contribution in [0.15, 0.2) is 10.4 Å². The smallest absolute Gasteiger partial charge is 0.191 e. The molecule has 0 bridgehead atoms. The highest BCUT2D eigenvalue weighted by molar-refractivity contribution is 7.99. The molecule has 0 amide bonds. The van der Waals surface area contributed by atoms with E-state index in [9.17, 15) is 0 Å². The molecule has 1 saturated carbocycles. The average Bonchev–Trinajstić information content (AvgIpc) is 3.32. The Kier molecular flexibility index (Phi) is 7.28. The van der Waals surface area contributed by atoms with Gasteiger partial charge in [-0.3, -0.25) is 4.99 Å². The first-order chi connectivity index (χ1) is 12.3. The van der Waals surface area contributed by atoms with Crippen LogP contribution in [-0.4, -0.2) is 55.2 Å². The fraction of sp³-hybridized carbons (Fsp3) is 0.778. The van der Waals surface area contributed by atoms with E-state index in [-0.39, 0.29) is 0 Å². The molecule has 2 aliphatic rings. The summed E-state index contributed by atoms with van der Waals surface area (Å²) in [5.41, 5.74) is 1.19. The number of aliphatic imine (C=N–C) groups is 1. The molecule has 0 radical (unpaired) electrons. The van der Waals surface area contributed by atoms with E-state index in [0.717, 1.165) is 24.2 Å². The van der Waals surface area contributed by atoms with Gasteiger partial charge in [-0.15, -0.1) is 11.3 Å². The first kappa shape index (κ1) is 18.8. The topological polar surface area (TPSA) is 52.6 Å². The van der Waals surface area contributed by atoms with Crippen molar-refractivity contribution in [2.75, 3.05) is 37.8 Å². The van der Waals surface area contributed by atoms with Crippen LogP contribution in [0.25, 0.3) is 0 Å². The molecule has 140 valence electrons. The lowest BCUT2D eigenvalue weighted by molar-refractivity contribution is 0.419. The van der Waals surface area contributed by atoms with Crippen molar-refractivity contribution >= 4 is 34.2 Å². The first-order valence-electron chi connectivity index (χ1n) is 9.48. The van der Waals surface area contributed by atoms with E-state index in [1.807, 2.05) is 18.8 Å². The molecule has 25 heavy (non-hydrogen) atoms. The second kappa shape index (κ2) is 9.67. The molecule has 1 aliphatic heterocycles. The molecule has 0 aromatic carbocycles. The third-order valence-corrected chi connectivity index (χ3v) is 7.16. The summed E-state index contributed by atoms with van der Waals surface area (Å²) in [5.74, 6) is 0.932. The third-order valence-electron chi connectivity index (χ3n) is 5.11. The maximum atomic E-state index is 4.79.